The van der Waals surface area contributed by atoms with Crippen molar-refractivity contribution in [3.8, 4) is 0 Å². The summed E-state index contributed by atoms with van der Waals surface area (Å²) in [4.78, 5) is 22.8. The van der Waals surface area contributed by atoms with Gasteiger partial charge in [-0.25, -0.2) is 0 Å². The molecule has 10 heteroatoms. The fourth-order valence-electron chi connectivity index (χ4n) is 2.89. The van der Waals surface area contributed by atoms with Gasteiger partial charge in [-0.3, -0.25) is 24.3 Å². The molecular formula is C18H19ClN6O3. The Bertz CT molecular complexity index is 1040. The third-order valence-corrected chi connectivity index (χ3v) is 4.57. The Hall–Kier alpha value is -3.20. The molecule has 9 nitrogen and oxygen atoms in total. The molecule has 0 spiro atoms. The molecule has 2 heterocycles. The summed E-state index contributed by atoms with van der Waals surface area (Å²) < 4.78 is 3.06. The molecule has 2 aromatic heterocycles. The highest BCUT2D eigenvalue weighted by Gasteiger charge is 2.18. The van der Waals surface area contributed by atoms with E-state index in [4.69, 9.17) is 11.6 Å². The van der Waals surface area contributed by atoms with Crippen LogP contribution in [-0.4, -0.2) is 30.4 Å². The van der Waals surface area contributed by atoms with E-state index in [0.29, 0.717) is 22.9 Å². The predicted molar refractivity (Wildman–Crippen MR) is 105 cm³/mol. The maximum atomic E-state index is 12.4. The second-order valence-corrected chi connectivity index (χ2v) is 6.87. The highest BCUT2D eigenvalue weighted by molar-refractivity contribution is 6.30. The predicted octanol–water partition coefficient (Wildman–Crippen LogP) is 3.25. The van der Waals surface area contributed by atoms with Crippen molar-refractivity contribution in [1.29, 1.82) is 0 Å². The van der Waals surface area contributed by atoms with Crippen molar-refractivity contribution in [3.05, 3.63) is 68.2 Å². The Morgan fingerprint density at radius 3 is 2.46 bits per heavy atom. The lowest BCUT2D eigenvalue weighted by Crippen LogP contribution is -2.20. The van der Waals surface area contributed by atoms with Gasteiger partial charge in [0, 0.05) is 5.02 Å². The van der Waals surface area contributed by atoms with Crippen LogP contribution in [0.1, 0.15) is 22.6 Å². The van der Waals surface area contributed by atoms with Crippen molar-refractivity contribution in [2.24, 2.45) is 0 Å². The molecule has 0 aliphatic rings. The van der Waals surface area contributed by atoms with Gasteiger partial charge in [0.25, 0.3) is 0 Å². The zero-order valence-electron chi connectivity index (χ0n) is 15.6. The van der Waals surface area contributed by atoms with E-state index in [0.717, 1.165) is 11.3 Å². The van der Waals surface area contributed by atoms with Crippen LogP contribution in [0.2, 0.25) is 5.02 Å². The van der Waals surface area contributed by atoms with Crippen molar-refractivity contribution < 1.29 is 9.72 Å². The van der Waals surface area contributed by atoms with E-state index in [-0.39, 0.29) is 23.8 Å². The van der Waals surface area contributed by atoms with E-state index in [2.05, 4.69) is 15.5 Å². The summed E-state index contributed by atoms with van der Waals surface area (Å²) in [5.74, 6) is -0.338. The number of aryl methyl sites for hydroxylation is 2. The number of amides is 1. The molecule has 0 saturated heterocycles. The Labute approximate surface area is 166 Å². The van der Waals surface area contributed by atoms with Crippen LogP contribution in [0.3, 0.4) is 0 Å². The van der Waals surface area contributed by atoms with Gasteiger partial charge < -0.3 is 5.32 Å². The Kier molecular flexibility index (Phi) is 5.46. The SMILES string of the molecule is Cc1nn(CC(=O)Nc2c(C)nn(Cc3ccc(Cl)cc3)c2C)cc1[N+](=O)[O-]. The van der Waals surface area contributed by atoms with Crippen LogP contribution in [0.5, 0.6) is 0 Å². The summed E-state index contributed by atoms with van der Waals surface area (Å²) in [5, 5.41) is 22.9. The summed E-state index contributed by atoms with van der Waals surface area (Å²) in [6, 6.07) is 7.47. The molecule has 1 N–H and O–H groups in total. The van der Waals surface area contributed by atoms with E-state index in [9.17, 15) is 14.9 Å². The van der Waals surface area contributed by atoms with Crippen LogP contribution in [0.15, 0.2) is 30.5 Å². The lowest BCUT2D eigenvalue weighted by Gasteiger charge is -2.07. The highest BCUT2D eigenvalue weighted by Crippen LogP contribution is 2.21. The number of carbonyl (C=O) groups is 1. The monoisotopic (exact) mass is 402 g/mol. The van der Waals surface area contributed by atoms with Gasteiger partial charge in [0.15, 0.2) is 0 Å². The average molecular weight is 403 g/mol. The lowest BCUT2D eigenvalue weighted by molar-refractivity contribution is -0.385. The van der Waals surface area contributed by atoms with E-state index >= 15 is 0 Å². The minimum absolute atomic E-state index is 0.115. The summed E-state index contributed by atoms with van der Waals surface area (Å²) in [6.07, 6.45) is 1.25. The molecule has 1 aromatic carbocycles. The Morgan fingerprint density at radius 2 is 1.86 bits per heavy atom. The summed E-state index contributed by atoms with van der Waals surface area (Å²) in [6.45, 7) is 5.63. The van der Waals surface area contributed by atoms with E-state index in [1.165, 1.54) is 17.8 Å². The molecule has 0 unspecified atom stereocenters. The third kappa shape index (κ3) is 4.20. The topological polar surface area (TPSA) is 108 Å². The molecule has 3 rings (SSSR count). The average Bonchev–Trinajstić information content (AvgIpc) is 3.11. The largest absolute Gasteiger partial charge is 0.321 e. The molecule has 1 amide bonds. The van der Waals surface area contributed by atoms with Gasteiger partial charge >= 0.3 is 5.69 Å². The number of rotatable bonds is 6. The van der Waals surface area contributed by atoms with Crippen LogP contribution in [0.25, 0.3) is 0 Å². The van der Waals surface area contributed by atoms with Gasteiger partial charge in [0.2, 0.25) is 5.91 Å². The molecule has 0 fully saturated rings. The van der Waals surface area contributed by atoms with Gasteiger partial charge in [0.1, 0.15) is 18.4 Å². The lowest BCUT2D eigenvalue weighted by atomic mass is 10.2. The second kappa shape index (κ2) is 7.81. The van der Waals surface area contributed by atoms with Crippen LogP contribution in [0.4, 0.5) is 11.4 Å². The smallest absolute Gasteiger partial charge is 0.309 e. The molecule has 0 radical (unpaired) electrons. The Balaban J connectivity index is 1.72. The quantitative estimate of drug-likeness (QED) is 0.503. The number of nitrogens with zero attached hydrogens (tertiary/aromatic N) is 5. The molecule has 0 aliphatic heterocycles. The molecule has 146 valence electrons. The van der Waals surface area contributed by atoms with Gasteiger partial charge in [-0.15, -0.1) is 0 Å². The van der Waals surface area contributed by atoms with E-state index in [1.807, 2.05) is 38.1 Å². The first kappa shape index (κ1) is 19.6. The first-order chi connectivity index (χ1) is 13.2. The number of benzene rings is 1. The first-order valence-corrected chi connectivity index (χ1v) is 8.89. The van der Waals surface area contributed by atoms with Crippen molar-refractivity contribution in [1.82, 2.24) is 19.6 Å². The maximum Gasteiger partial charge on any atom is 0.309 e. The second-order valence-electron chi connectivity index (χ2n) is 6.43. The zero-order chi connectivity index (χ0) is 20.4. The molecule has 28 heavy (non-hydrogen) atoms. The van der Waals surface area contributed by atoms with Crippen LogP contribution in [-0.2, 0) is 17.9 Å². The van der Waals surface area contributed by atoms with Gasteiger partial charge in [-0.1, -0.05) is 23.7 Å². The fourth-order valence-corrected chi connectivity index (χ4v) is 3.01. The van der Waals surface area contributed by atoms with Crippen LogP contribution in [0, 0.1) is 30.9 Å². The van der Waals surface area contributed by atoms with Crippen molar-refractivity contribution in [2.45, 2.75) is 33.9 Å². The van der Waals surface area contributed by atoms with Gasteiger partial charge in [-0.2, -0.15) is 10.2 Å². The number of nitrogens with one attached hydrogen (secondary N) is 1. The molecule has 0 saturated carbocycles. The van der Waals surface area contributed by atoms with Gasteiger partial charge in [-0.05, 0) is 38.5 Å². The van der Waals surface area contributed by atoms with E-state index < -0.39 is 4.92 Å². The van der Waals surface area contributed by atoms with Crippen molar-refractivity contribution in [2.75, 3.05) is 5.32 Å². The number of aromatic nitrogens is 4. The van der Waals surface area contributed by atoms with Crippen LogP contribution < -0.4 is 5.32 Å². The summed E-state index contributed by atoms with van der Waals surface area (Å²) in [5.41, 5.74) is 3.30. The number of hydrogen-bond donors (Lipinski definition) is 1. The van der Waals surface area contributed by atoms with Crippen LogP contribution >= 0.6 is 11.6 Å². The normalized spacial score (nSPS) is 10.9. The minimum Gasteiger partial charge on any atom is -0.321 e. The summed E-state index contributed by atoms with van der Waals surface area (Å²) in [7, 11) is 0. The molecule has 0 aliphatic carbocycles. The summed E-state index contributed by atoms with van der Waals surface area (Å²) >= 11 is 5.91. The minimum atomic E-state index is -0.522. The van der Waals surface area contributed by atoms with Crippen molar-refractivity contribution in [3.63, 3.8) is 0 Å². The third-order valence-electron chi connectivity index (χ3n) is 4.31. The number of carbonyl (C=O) groups excluding carboxylic acids is 1. The zero-order valence-corrected chi connectivity index (χ0v) is 16.4. The molecular weight excluding hydrogens is 384 g/mol. The number of halogens is 1. The van der Waals surface area contributed by atoms with E-state index in [1.54, 1.807) is 4.68 Å². The standard InChI is InChI=1S/C18H19ClN6O3/c1-11-16(25(27)28)9-23(21-11)10-17(26)20-18-12(2)22-24(13(18)3)8-14-4-6-15(19)7-5-14/h4-7,9H,8,10H2,1-3H3,(H,20,26). The fraction of sp³-hybridized carbons (Fsp3) is 0.278. The first-order valence-electron chi connectivity index (χ1n) is 8.51. The maximum absolute atomic E-state index is 12.4. The number of hydrogen-bond acceptors (Lipinski definition) is 5. The van der Waals surface area contributed by atoms with Gasteiger partial charge in [0.05, 0.1) is 28.5 Å². The molecule has 0 bridgehead atoms. The van der Waals surface area contributed by atoms with Crippen molar-refractivity contribution >= 4 is 28.9 Å². The highest BCUT2D eigenvalue weighted by atomic mass is 35.5. The number of nitro groups is 1. The Morgan fingerprint density at radius 1 is 1.18 bits per heavy atom. The molecule has 0 atom stereocenters. The number of anilines is 1. The molecule has 3 aromatic rings.